The van der Waals surface area contributed by atoms with E-state index in [1.165, 1.54) is 11.3 Å². The van der Waals surface area contributed by atoms with Crippen molar-refractivity contribution in [1.29, 1.82) is 0 Å². The van der Waals surface area contributed by atoms with Gasteiger partial charge in [0, 0.05) is 38.2 Å². The highest BCUT2D eigenvalue weighted by Crippen LogP contribution is 2.27. The van der Waals surface area contributed by atoms with Gasteiger partial charge < -0.3 is 14.8 Å². The summed E-state index contributed by atoms with van der Waals surface area (Å²) in [5.74, 6) is 0.526. The molecule has 0 fully saturated rings. The van der Waals surface area contributed by atoms with Gasteiger partial charge in [0.15, 0.2) is 5.96 Å². The summed E-state index contributed by atoms with van der Waals surface area (Å²) in [7, 11) is 1.77. The molecule has 4 rings (SSSR count). The largest absolute Gasteiger partial charge is 0.352 e. The van der Waals surface area contributed by atoms with Crippen LogP contribution in [0.3, 0.4) is 0 Å². The Morgan fingerprint density at radius 2 is 2.07 bits per heavy atom. The molecule has 2 heterocycles. The van der Waals surface area contributed by atoms with Crippen molar-refractivity contribution < 1.29 is 4.39 Å². The topological polar surface area (TPSA) is 45.5 Å². The summed E-state index contributed by atoms with van der Waals surface area (Å²) in [5.41, 5.74) is 3.86. The fourth-order valence-corrected chi connectivity index (χ4v) is 3.31. The average Bonchev–Trinajstić information content (AvgIpc) is 3.33. The Kier molecular flexibility index (Phi) is 6.10. The Morgan fingerprint density at radius 1 is 1.22 bits per heavy atom. The molecule has 3 aromatic rings. The molecule has 0 amide bonds. The third-order valence-electron chi connectivity index (χ3n) is 4.60. The number of imidazole rings is 1. The summed E-state index contributed by atoms with van der Waals surface area (Å²) in [6, 6.07) is 13.6. The summed E-state index contributed by atoms with van der Waals surface area (Å²) in [6.07, 6.45) is 5.95. The molecule has 0 bridgehead atoms. The first-order valence-corrected chi connectivity index (χ1v) is 8.59. The zero-order valence-corrected chi connectivity index (χ0v) is 17.3. The number of halogens is 2. The summed E-state index contributed by atoms with van der Waals surface area (Å²) in [6.45, 7) is 1.40. The number of aromatic nitrogens is 2. The maximum atomic E-state index is 14.4. The Hall–Kier alpha value is -2.42. The van der Waals surface area contributed by atoms with Crippen molar-refractivity contribution in [2.45, 2.75) is 13.0 Å². The number of nitrogens with one attached hydrogen (secondary N) is 1. The second-order valence-electron chi connectivity index (χ2n) is 6.19. The van der Waals surface area contributed by atoms with E-state index in [0.717, 1.165) is 24.5 Å². The highest BCUT2D eigenvalue weighted by Gasteiger charge is 2.22. The smallest absolute Gasteiger partial charge is 0.198 e. The fourth-order valence-electron chi connectivity index (χ4n) is 3.31. The van der Waals surface area contributed by atoms with Crippen LogP contribution in [0.1, 0.15) is 11.1 Å². The molecule has 27 heavy (non-hydrogen) atoms. The molecule has 1 N–H and O–H groups in total. The lowest BCUT2D eigenvalue weighted by molar-refractivity contribution is 0.615. The Balaban J connectivity index is 0.00000210. The van der Waals surface area contributed by atoms with Gasteiger partial charge in [0.2, 0.25) is 0 Å². The maximum absolute atomic E-state index is 14.4. The summed E-state index contributed by atoms with van der Waals surface area (Å²) in [5, 5.41) is 3.34. The molecule has 2 aromatic carbocycles. The average molecular weight is 477 g/mol. The van der Waals surface area contributed by atoms with Crippen LogP contribution in [0.4, 0.5) is 10.1 Å². The lowest BCUT2D eigenvalue weighted by Crippen LogP contribution is -2.40. The van der Waals surface area contributed by atoms with Crippen LogP contribution in [-0.2, 0) is 13.0 Å². The van der Waals surface area contributed by atoms with Gasteiger partial charge in [-0.2, -0.15) is 0 Å². The molecule has 0 aliphatic carbocycles. The summed E-state index contributed by atoms with van der Waals surface area (Å²) < 4.78 is 16.1. The van der Waals surface area contributed by atoms with Gasteiger partial charge in [0.05, 0.1) is 12.0 Å². The van der Waals surface area contributed by atoms with Crippen LogP contribution in [0.5, 0.6) is 0 Å². The van der Waals surface area contributed by atoms with Crippen LogP contribution in [0.15, 0.2) is 66.2 Å². The molecular formula is C20H21FIN5. The number of benzene rings is 2. The van der Waals surface area contributed by atoms with E-state index >= 15 is 0 Å². The molecule has 0 unspecified atom stereocenters. The molecule has 140 valence electrons. The third-order valence-corrected chi connectivity index (χ3v) is 4.60. The molecule has 0 spiro atoms. The van der Waals surface area contributed by atoms with Gasteiger partial charge in [-0.25, -0.2) is 9.37 Å². The Morgan fingerprint density at radius 3 is 2.81 bits per heavy atom. The summed E-state index contributed by atoms with van der Waals surface area (Å²) in [4.78, 5) is 10.5. The van der Waals surface area contributed by atoms with Crippen LogP contribution in [0.25, 0.3) is 5.69 Å². The van der Waals surface area contributed by atoms with E-state index < -0.39 is 0 Å². The van der Waals surface area contributed by atoms with Gasteiger partial charge in [-0.1, -0.05) is 24.3 Å². The van der Waals surface area contributed by atoms with E-state index in [2.05, 4.69) is 38.4 Å². The molecule has 7 heteroatoms. The first-order chi connectivity index (χ1) is 12.8. The van der Waals surface area contributed by atoms with Crippen LogP contribution < -0.4 is 10.2 Å². The second-order valence-corrected chi connectivity index (χ2v) is 6.19. The van der Waals surface area contributed by atoms with Gasteiger partial charge in [-0.3, -0.25) is 4.99 Å². The van der Waals surface area contributed by atoms with Crippen LogP contribution in [0, 0.1) is 5.82 Å². The van der Waals surface area contributed by atoms with Crippen LogP contribution >= 0.6 is 24.0 Å². The van der Waals surface area contributed by atoms with Gasteiger partial charge in [-0.05, 0) is 35.7 Å². The van der Waals surface area contributed by atoms with Crippen LogP contribution in [0.2, 0.25) is 0 Å². The number of anilines is 1. The first kappa shape index (κ1) is 19.3. The van der Waals surface area contributed by atoms with E-state index in [-0.39, 0.29) is 29.8 Å². The number of nitrogens with zero attached hydrogens (tertiary/aromatic N) is 4. The van der Waals surface area contributed by atoms with Crippen molar-refractivity contribution in [2.24, 2.45) is 4.99 Å². The van der Waals surface area contributed by atoms with Gasteiger partial charge in [-0.15, -0.1) is 24.0 Å². The third kappa shape index (κ3) is 3.97. The lowest BCUT2D eigenvalue weighted by Gasteiger charge is -2.22. The number of aliphatic imine (C=N–C) groups is 1. The fraction of sp³-hybridized carbons (Fsp3) is 0.200. The molecule has 5 nitrogen and oxygen atoms in total. The minimum absolute atomic E-state index is 0. The minimum Gasteiger partial charge on any atom is -0.352 e. The second kappa shape index (κ2) is 8.51. The Labute approximate surface area is 175 Å². The minimum atomic E-state index is -0.274. The van der Waals surface area contributed by atoms with Gasteiger partial charge in [0.25, 0.3) is 0 Å². The normalized spacial score (nSPS) is 13.3. The van der Waals surface area contributed by atoms with E-state index in [1.54, 1.807) is 42.5 Å². The SMILES string of the molecule is CN=C(NCc1ccc(-n2ccnc2)c(F)c1)N1CCc2ccccc21.I. The zero-order chi connectivity index (χ0) is 17.9. The predicted octanol–water partition coefficient (Wildman–Crippen LogP) is 3.77. The zero-order valence-electron chi connectivity index (χ0n) is 15.0. The predicted molar refractivity (Wildman–Crippen MR) is 117 cm³/mol. The standard InChI is InChI=1S/C20H20FN5.HI/c1-22-20(26-10-8-16-4-2-3-5-18(16)26)24-13-15-6-7-19(17(21)12-15)25-11-9-23-14-25;/h2-7,9,11-12,14H,8,10,13H2,1H3,(H,22,24);1H. The Bertz CT molecular complexity index is 939. The van der Waals surface area contributed by atoms with Crippen molar-refractivity contribution >= 4 is 35.6 Å². The van der Waals surface area contributed by atoms with Crippen molar-refractivity contribution in [1.82, 2.24) is 14.9 Å². The van der Waals surface area contributed by atoms with E-state index in [4.69, 9.17) is 0 Å². The molecule has 0 radical (unpaired) electrons. The highest BCUT2D eigenvalue weighted by atomic mass is 127. The molecule has 0 atom stereocenters. The van der Waals surface area contributed by atoms with E-state index in [0.29, 0.717) is 12.2 Å². The maximum Gasteiger partial charge on any atom is 0.198 e. The number of hydrogen-bond acceptors (Lipinski definition) is 2. The van der Waals surface area contributed by atoms with E-state index in [9.17, 15) is 4.39 Å². The molecule has 0 saturated carbocycles. The number of fused-ring (bicyclic) bond motifs is 1. The molecule has 1 aromatic heterocycles. The first-order valence-electron chi connectivity index (χ1n) is 8.59. The van der Waals surface area contributed by atoms with Crippen molar-refractivity contribution in [3.05, 3.63) is 78.1 Å². The van der Waals surface area contributed by atoms with E-state index in [1.807, 2.05) is 12.1 Å². The van der Waals surface area contributed by atoms with Crippen molar-refractivity contribution in [3.8, 4) is 5.69 Å². The highest BCUT2D eigenvalue weighted by molar-refractivity contribution is 14.0. The number of guanidine groups is 1. The lowest BCUT2D eigenvalue weighted by atomic mass is 10.2. The number of hydrogen-bond donors (Lipinski definition) is 1. The van der Waals surface area contributed by atoms with Gasteiger partial charge >= 0.3 is 0 Å². The molecule has 1 aliphatic rings. The quantitative estimate of drug-likeness (QED) is 0.355. The molecule has 1 aliphatic heterocycles. The summed E-state index contributed by atoms with van der Waals surface area (Å²) >= 11 is 0. The monoisotopic (exact) mass is 477 g/mol. The van der Waals surface area contributed by atoms with Crippen molar-refractivity contribution in [2.75, 3.05) is 18.5 Å². The van der Waals surface area contributed by atoms with Crippen molar-refractivity contribution in [3.63, 3.8) is 0 Å². The van der Waals surface area contributed by atoms with Crippen LogP contribution in [-0.4, -0.2) is 29.1 Å². The molecule has 0 saturated heterocycles. The molecular weight excluding hydrogens is 456 g/mol. The number of para-hydroxylation sites is 1. The number of rotatable bonds is 3. The van der Waals surface area contributed by atoms with Gasteiger partial charge in [0.1, 0.15) is 5.82 Å².